The third-order valence-electron chi connectivity index (χ3n) is 3.12. The fourth-order valence-electron chi connectivity index (χ4n) is 1.89. The molecule has 2 rings (SSSR count). The zero-order chi connectivity index (χ0) is 18.8. The van der Waals surface area contributed by atoms with E-state index < -0.39 is 0 Å². The monoisotopic (exact) mass is 393 g/mol. The lowest BCUT2D eigenvalue weighted by molar-refractivity contribution is -0.122. The van der Waals surface area contributed by atoms with Crippen LogP contribution in [-0.4, -0.2) is 32.8 Å². The average molecular weight is 394 g/mol. The Morgan fingerprint density at radius 1 is 1.04 bits per heavy atom. The Kier molecular flexibility index (Phi) is 7.94. The number of halogens is 2. The highest BCUT2D eigenvalue weighted by Crippen LogP contribution is 2.27. The summed E-state index contributed by atoms with van der Waals surface area (Å²) < 4.78 is 16.0. The Labute approximate surface area is 162 Å². The van der Waals surface area contributed by atoms with Gasteiger partial charge in [0.05, 0.1) is 18.7 Å². The van der Waals surface area contributed by atoms with Crippen molar-refractivity contribution in [1.29, 1.82) is 0 Å². The Morgan fingerprint density at radius 3 is 2.54 bits per heavy atom. The quantitative estimate of drug-likeness (QED) is 0.730. The van der Waals surface area contributed by atoms with Crippen molar-refractivity contribution in [3.05, 3.63) is 52.5 Å². The minimum atomic E-state index is -0.309. The van der Waals surface area contributed by atoms with Crippen molar-refractivity contribution in [2.45, 2.75) is 0 Å². The Morgan fingerprint density at radius 2 is 1.81 bits per heavy atom. The summed E-state index contributed by atoms with van der Waals surface area (Å²) in [5.41, 5.74) is 0. The minimum Gasteiger partial charge on any atom is -0.493 e. The summed E-state index contributed by atoms with van der Waals surface area (Å²) in [7, 11) is 1.57. The predicted molar refractivity (Wildman–Crippen MR) is 101 cm³/mol. The largest absolute Gasteiger partial charge is 0.493 e. The van der Waals surface area contributed by atoms with Gasteiger partial charge < -0.3 is 19.5 Å². The maximum absolute atomic E-state index is 11.7. The van der Waals surface area contributed by atoms with Crippen LogP contribution in [0.2, 0.25) is 10.0 Å². The van der Waals surface area contributed by atoms with Crippen molar-refractivity contribution < 1.29 is 19.0 Å². The predicted octanol–water partition coefficient (Wildman–Crippen LogP) is 3.58. The molecule has 0 fully saturated rings. The van der Waals surface area contributed by atoms with Crippen LogP contribution >= 0.6 is 23.2 Å². The lowest BCUT2D eigenvalue weighted by atomic mass is 10.3. The van der Waals surface area contributed by atoms with Gasteiger partial charge in [0.2, 0.25) is 0 Å². The van der Waals surface area contributed by atoms with E-state index in [1.807, 2.05) is 12.1 Å². The number of ether oxygens (including phenoxy) is 3. The van der Waals surface area contributed by atoms with Gasteiger partial charge in [-0.1, -0.05) is 47.2 Å². The summed E-state index contributed by atoms with van der Waals surface area (Å²) in [6, 6.07) is 12.1. The molecule has 2 aromatic carbocycles. The molecule has 0 aromatic heterocycles. The molecule has 0 aliphatic heterocycles. The number of rotatable bonds is 7. The fourth-order valence-corrected chi connectivity index (χ4v) is 2.36. The molecule has 0 aliphatic rings. The topological polar surface area (TPSA) is 56.8 Å². The molecule has 26 heavy (non-hydrogen) atoms. The molecule has 0 saturated heterocycles. The third-order valence-corrected chi connectivity index (χ3v) is 3.65. The molecule has 0 radical (unpaired) electrons. The lowest BCUT2D eigenvalue weighted by Crippen LogP contribution is -2.29. The zero-order valence-electron chi connectivity index (χ0n) is 14.1. The van der Waals surface area contributed by atoms with Gasteiger partial charge in [0.25, 0.3) is 5.91 Å². The van der Waals surface area contributed by atoms with Crippen LogP contribution < -0.4 is 19.5 Å². The Bertz CT molecular complexity index is 815. The highest BCUT2D eigenvalue weighted by atomic mass is 35.5. The minimum absolute atomic E-state index is 0.166. The standard InChI is InChI=1S/C19H17Cl2NO4/c1-24-17-6-2-3-7-18(17)25-11-5-4-10-22-19(23)13-26-16-9-8-14(20)12-15(16)21/h2-3,6-9,12H,10-11,13H2,1H3,(H,22,23). The average Bonchev–Trinajstić information content (AvgIpc) is 2.64. The SMILES string of the molecule is COc1ccccc1OCC#CCNC(=O)COc1ccc(Cl)cc1Cl. The van der Waals surface area contributed by atoms with Crippen molar-refractivity contribution in [2.75, 3.05) is 26.9 Å². The maximum atomic E-state index is 11.7. The molecule has 0 unspecified atom stereocenters. The van der Waals surface area contributed by atoms with Gasteiger partial charge >= 0.3 is 0 Å². The molecular formula is C19H17Cl2NO4. The second-order valence-electron chi connectivity index (χ2n) is 4.93. The third kappa shape index (κ3) is 6.40. The summed E-state index contributed by atoms with van der Waals surface area (Å²) in [4.78, 5) is 11.7. The van der Waals surface area contributed by atoms with Gasteiger partial charge in [0.15, 0.2) is 18.1 Å². The van der Waals surface area contributed by atoms with Crippen molar-refractivity contribution in [1.82, 2.24) is 5.32 Å². The first-order chi connectivity index (χ1) is 12.6. The van der Waals surface area contributed by atoms with Gasteiger partial charge in [-0.15, -0.1) is 0 Å². The first-order valence-electron chi connectivity index (χ1n) is 7.66. The number of carbonyl (C=O) groups excluding carboxylic acids is 1. The van der Waals surface area contributed by atoms with E-state index in [0.29, 0.717) is 27.3 Å². The summed E-state index contributed by atoms with van der Waals surface area (Å²) in [5.74, 6) is 6.94. The van der Waals surface area contributed by atoms with Gasteiger partial charge in [-0.3, -0.25) is 4.79 Å². The van der Waals surface area contributed by atoms with Crippen LogP contribution in [0.4, 0.5) is 0 Å². The number of para-hydroxylation sites is 2. The molecule has 7 heteroatoms. The van der Waals surface area contributed by atoms with Gasteiger partial charge in [-0.2, -0.15) is 0 Å². The highest BCUT2D eigenvalue weighted by Gasteiger charge is 2.05. The first-order valence-corrected chi connectivity index (χ1v) is 8.42. The highest BCUT2D eigenvalue weighted by molar-refractivity contribution is 6.35. The number of carbonyl (C=O) groups is 1. The van der Waals surface area contributed by atoms with Crippen LogP contribution in [0.15, 0.2) is 42.5 Å². The molecule has 2 aromatic rings. The summed E-state index contributed by atoms with van der Waals surface area (Å²) in [5, 5.41) is 3.46. The molecular weight excluding hydrogens is 377 g/mol. The van der Waals surface area contributed by atoms with Crippen LogP contribution in [-0.2, 0) is 4.79 Å². The van der Waals surface area contributed by atoms with Crippen molar-refractivity contribution in [3.8, 4) is 29.1 Å². The maximum Gasteiger partial charge on any atom is 0.258 e. The second-order valence-corrected chi connectivity index (χ2v) is 5.78. The van der Waals surface area contributed by atoms with Crippen LogP contribution in [0.25, 0.3) is 0 Å². The smallest absolute Gasteiger partial charge is 0.258 e. The molecule has 5 nitrogen and oxygen atoms in total. The van der Waals surface area contributed by atoms with Gasteiger partial charge in [-0.25, -0.2) is 0 Å². The van der Waals surface area contributed by atoms with Crippen LogP contribution in [0.5, 0.6) is 17.2 Å². The number of methoxy groups -OCH3 is 1. The number of benzene rings is 2. The van der Waals surface area contributed by atoms with E-state index in [1.165, 1.54) is 0 Å². The Balaban J connectivity index is 1.68. The van der Waals surface area contributed by atoms with Crippen LogP contribution in [0.1, 0.15) is 0 Å². The van der Waals surface area contributed by atoms with E-state index in [1.54, 1.807) is 37.4 Å². The molecule has 1 amide bonds. The summed E-state index contributed by atoms with van der Waals surface area (Å²) in [6.45, 7) is 0.208. The van der Waals surface area contributed by atoms with E-state index in [4.69, 9.17) is 37.4 Å². The fraction of sp³-hybridized carbons (Fsp3) is 0.211. The number of nitrogens with one attached hydrogen (secondary N) is 1. The molecule has 0 spiro atoms. The van der Waals surface area contributed by atoms with Gasteiger partial charge in [-0.05, 0) is 30.3 Å². The van der Waals surface area contributed by atoms with Crippen LogP contribution in [0, 0.1) is 11.8 Å². The van der Waals surface area contributed by atoms with Gasteiger partial charge in [0, 0.05) is 5.02 Å². The van der Waals surface area contributed by atoms with E-state index in [2.05, 4.69) is 17.2 Å². The Hall–Kier alpha value is -2.55. The molecule has 0 aliphatic carbocycles. The van der Waals surface area contributed by atoms with Crippen molar-refractivity contribution >= 4 is 29.1 Å². The molecule has 0 heterocycles. The van der Waals surface area contributed by atoms with Crippen LogP contribution in [0.3, 0.4) is 0 Å². The van der Waals surface area contributed by atoms with E-state index in [9.17, 15) is 4.79 Å². The molecule has 0 saturated carbocycles. The van der Waals surface area contributed by atoms with E-state index >= 15 is 0 Å². The number of hydrogen-bond donors (Lipinski definition) is 1. The molecule has 1 N–H and O–H groups in total. The summed E-state index contributed by atoms with van der Waals surface area (Å²) in [6.07, 6.45) is 0. The molecule has 0 atom stereocenters. The van der Waals surface area contributed by atoms with E-state index in [0.717, 1.165) is 0 Å². The van der Waals surface area contributed by atoms with E-state index in [-0.39, 0.29) is 25.7 Å². The molecule has 0 bridgehead atoms. The normalized spacial score (nSPS) is 9.65. The molecule has 136 valence electrons. The van der Waals surface area contributed by atoms with Crippen molar-refractivity contribution in [2.24, 2.45) is 0 Å². The number of amides is 1. The van der Waals surface area contributed by atoms with Crippen molar-refractivity contribution in [3.63, 3.8) is 0 Å². The second kappa shape index (κ2) is 10.4. The lowest BCUT2D eigenvalue weighted by Gasteiger charge is -2.08. The van der Waals surface area contributed by atoms with Gasteiger partial charge in [0.1, 0.15) is 12.4 Å². The zero-order valence-corrected chi connectivity index (χ0v) is 15.6. The first kappa shape index (κ1) is 19.8. The summed E-state index contributed by atoms with van der Waals surface area (Å²) >= 11 is 11.8. The number of hydrogen-bond acceptors (Lipinski definition) is 4.